The lowest BCUT2D eigenvalue weighted by Gasteiger charge is -2.17. The third-order valence-corrected chi connectivity index (χ3v) is 6.83. The van der Waals surface area contributed by atoms with E-state index in [-0.39, 0.29) is 18.3 Å². The van der Waals surface area contributed by atoms with Crippen molar-refractivity contribution < 1.29 is 29.9 Å². The number of aromatic hydroxyl groups is 1. The summed E-state index contributed by atoms with van der Waals surface area (Å²) in [5, 5.41) is 40.1. The molecule has 0 saturated heterocycles. The number of aliphatic hydroxyl groups is 5. The largest absolute Gasteiger partial charge is 0.504 e. The van der Waals surface area contributed by atoms with Gasteiger partial charge in [0.1, 0.15) is 30.9 Å². The highest BCUT2D eigenvalue weighted by atomic mass is 16.5. The van der Waals surface area contributed by atoms with Crippen LogP contribution in [-0.4, -0.2) is 62.4 Å². The molecule has 36 heavy (non-hydrogen) atoms. The van der Waals surface area contributed by atoms with E-state index in [9.17, 15) is 20.4 Å². The molecule has 198 valence electrons. The molecule has 0 radical (unpaired) electrons. The van der Waals surface area contributed by atoms with Crippen LogP contribution in [0.15, 0.2) is 47.1 Å². The summed E-state index contributed by atoms with van der Waals surface area (Å²) in [6, 6.07) is 5.32. The van der Waals surface area contributed by atoms with E-state index >= 15 is 0 Å². The Hall–Kier alpha value is -2.45. The first-order chi connectivity index (χ1) is 17.3. The Labute approximate surface area is 215 Å². The molecular formula is C29H42NO6+. The molecule has 0 aromatic heterocycles. The number of benzene rings is 1. The number of allylic oxidation sites excluding steroid dienone is 1. The first-order valence-corrected chi connectivity index (χ1v) is 13.1. The van der Waals surface area contributed by atoms with Gasteiger partial charge in [-0.15, -0.1) is 17.1 Å². The van der Waals surface area contributed by atoms with Crippen LogP contribution < -0.4 is 4.74 Å². The van der Waals surface area contributed by atoms with Gasteiger partial charge in [-0.1, -0.05) is 19.4 Å². The minimum absolute atomic E-state index is 0.0306. The van der Waals surface area contributed by atoms with Crippen LogP contribution in [0.4, 0.5) is 0 Å². The molecule has 7 heteroatoms. The lowest BCUT2D eigenvalue weighted by Crippen LogP contribution is -2.23. The van der Waals surface area contributed by atoms with Crippen molar-refractivity contribution in [3.8, 4) is 11.5 Å². The monoisotopic (exact) mass is 500 g/mol. The molecule has 2 heterocycles. The van der Waals surface area contributed by atoms with Crippen molar-refractivity contribution in [1.82, 2.24) is 0 Å². The molecule has 5 unspecified atom stereocenters. The molecular weight excluding hydrogens is 458 g/mol. The zero-order valence-corrected chi connectivity index (χ0v) is 21.7. The molecule has 0 spiro atoms. The van der Waals surface area contributed by atoms with Crippen molar-refractivity contribution in [2.45, 2.75) is 90.1 Å². The van der Waals surface area contributed by atoms with Crippen LogP contribution in [0.1, 0.15) is 64.9 Å². The number of aliphatic hydroxyl groups excluding tert-OH is 3. The summed E-state index contributed by atoms with van der Waals surface area (Å²) < 4.78 is 10.5. The van der Waals surface area contributed by atoms with Gasteiger partial charge in [-0.25, -0.2) is 0 Å². The predicted octanol–water partition coefficient (Wildman–Crippen LogP) is 3.95. The van der Waals surface area contributed by atoms with Crippen LogP contribution in [0.2, 0.25) is 0 Å². The van der Waals surface area contributed by atoms with Crippen molar-refractivity contribution >= 4 is 6.21 Å². The van der Waals surface area contributed by atoms with E-state index in [0.717, 1.165) is 36.8 Å². The van der Waals surface area contributed by atoms with Crippen LogP contribution in [0, 0.1) is 17.9 Å². The first kappa shape index (κ1) is 28.1. The van der Waals surface area contributed by atoms with E-state index in [1.54, 1.807) is 19.2 Å². The summed E-state index contributed by atoms with van der Waals surface area (Å²) in [6.45, 7) is 5.76. The highest BCUT2D eigenvalue weighted by Gasteiger charge is 2.32. The highest BCUT2D eigenvalue weighted by molar-refractivity contribution is 5.83. The Balaban J connectivity index is 1.46. The summed E-state index contributed by atoms with van der Waals surface area (Å²) in [4.78, 5) is 4.33. The minimum Gasteiger partial charge on any atom is -0.504 e. The Bertz CT molecular complexity index is 911. The number of rotatable bonds is 15. The van der Waals surface area contributed by atoms with Crippen molar-refractivity contribution in [3.05, 3.63) is 59.7 Å². The highest BCUT2D eigenvalue weighted by Crippen LogP contribution is 2.31. The van der Waals surface area contributed by atoms with Gasteiger partial charge in [0, 0.05) is 12.3 Å². The fourth-order valence-corrected chi connectivity index (χ4v) is 4.27. The summed E-state index contributed by atoms with van der Waals surface area (Å²) in [7, 11) is 0. The Morgan fingerprint density at radius 3 is 2.75 bits per heavy atom. The topological polar surface area (TPSA) is 115 Å². The fourth-order valence-electron chi connectivity index (χ4n) is 4.27. The maximum atomic E-state index is 10.6. The zero-order valence-electron chi connectivity index (χ0n) is 21.7. The number of phenols is 1. The van der Waals surface area contributed by atoms with E-state index < -0.39 is 18.3 Å². The number of phenolic OH excluding ortho intramolecular Hbond substituents is 1. The van der Waals surface area contributed by atoms with Gasteiger partial charge in [0.2, 0.25) is 5.70 Å². The third-order valence-electron chi connectivity index (χ3n) is 6.83. The quantitative estimate of drug-likeness (QED) is 0.215. The van der Waals surface area contributed by atoms with Gasteiger partial charge in [0.15, 0.2) is 17.6 Å². The molecule has 5 atom stereocenters. The van der Waals surface area contributed by atoms with E-state index in [0.29, 0.717) is 30.4 Å². The standard InChI is InChI=1S/C29H41NO6/c1-4-5-6-23-11-12-24(36-23)10-8-21-9-14-27(33)29(15-21)35-18-28(34)25-16-22(17-30-25)19(2)7-13-26(32)20(3)31/h9,11-12,14-17,19-20,23,26,28,31-32,34,36H,4-8,10,13,18H2,1-3H3/p+1. The second-order valence-corrected chi connectivity index (χ2v) is 9.93. The van der Waals surface area contributed by atoms with Gasteiger partial charge in [0.25, 0.3) is 0 Å². The molecule has 0 amide bonds. The summed E-state index contributed by atoms with van der Waals surface area (Å²) in [6.07, 6.45) is 13.1. The van der Waals surface area contributed by atoms with E-state index in [1.165, 1.54) is 12.8 Å². The molecule has 1 aromatic carbocycles. The number of hydrogen-bond acceptors (Lipinski definition) is 6. The molecule has 2 aliphatic rings. The maximum Gasteiger partial charge on any atom is 0.207 e. The zero-order chi connectivity index (χ0) is 26.1. The Morgan fingerprint density at radius 2 is 2.00 bits per heavy atom. The van der Waals surface area contributed by atoms with Crippen molar-refractivity contribution in [3.63, 3.8) is 0 Å². The molecule has 1 aromatic rings. The summed E-state index contributed by atoms with van der Waals surface area (Å²) >= 11 is 0. The van der Waals surface area contributed by atoms with Crippen LogP contribution >= 0.6 is 0 Å². The SMILES string of the molecule is CCCCC1C=C[C-](CCc2ccc(O)c(OCC(O)C3=C[C+](C(C)CCC(O)C(C)O)C=N3)c2)[OH+]1. The lowest BCUT2D eigenvalue weighted by molar-refractivity contribution is -0.0480. The van der Waals surface area contributed by atoms with Crippen molar-refractivity contribution in [2.24, 2.45) is 10.9 Å². The maximum absolute atomic E-state index is 10.6. The number of nitrogens with zero attached hydrogens (tertiary/aromatic N) is 1. The number of ether oxygens (including phenoxy) is 2. The number of aryl methyl sites for hydroxylation is 1. The minimum atomic E-state index is -0.935. The molecule has 7 nitrogen and oxygen atoms in total. The predicted molar refractivity (Wildman–Crippen MR) is 142 cm³/mol. The van der Waals surface area contributed by atoms with Crippen molar-refractivity contribution in [1.29, 1.82) is 0 Å². The Morgan fingerprint density at radius 1 is 1.19 bits per heavy atom. The number of hydrogen-bond donors (Lipinski definition) is 4. The van der Waals surface area contributed by atoms with Gasteiger partial charge < -0.3 is 29.9 Å². The van der Waals surface area contributed by atoms with Crippen LogP contribution in [0.3, 0.4) is 0 Å². The smallest absolute Gasteiger partial charge is 0.207 e. The molecule has 0 fully saturated rings. The molecule has 0 saturated carbocycles. The summed E-state index contributed by atoms with van der Waals surface area (Å²) in [5.74, 6) is 1.47. The van der Waals surface area contributed by atoms with Gasteiger partial charge in [0.05, 0.1) is 18.3 Å². The van der Waals surface area contributed by atoms with Crippen LogP contribution in [0.25, 0.3) is 0 Å². The third kappa shape index (κ3) is 8.30. The van der Waals surface area contributed by atoms with E-state index in [2.05, 4.69) is 24.1 Å². The normalized spacial score (nSPS) is 20.5. The van der Waals surface area contributed by atoms with E-state index in [4.69, 9.17) is 9.47 Å². The number of aliphatic imine (C=N–C) groups is 1. The molecule has 0 aliphatic carbocycles. The number of unbranched alkanes of at least 4 members (excludes halogenated alkanes) is 1. The molecule has 0 bridgehead atoms. The van der Waals surface area contributed by atoms with Gasteiger partial charge in [-0.2, -0.15) is 0 Å². The van der Waals surface area contributed by atoms with Crippen LogP contribution in [0.5, 0.6) is 11.5 Å². The second-order valence-electron chi connectivity index (χ2n) is 9.93. The Kier molecular flexibility index (Phi) is 10.7. The molecule has 5 N–H and O–H groups in total. The van der Waals surface area contributed by atoms with Crippen LogP contribution in [-0.2, 0) is 6.42 Å². The first-order valence-electron chi connectivity index (χ1n) is 13.1. The fraction of sp³-hybridized carbons (Fsp3) is 0.552. The summed E-state index contributed by atoms with van der Waals surface area (Å²) in [5.41, 5.74) is 1.54. The van der Waals surface area contributed by atoms with Gasteiger partial charge in [-0.05, 0) is 63.6 Å². The van der Waals surface area contributed by atoms with Crippen molar-refractivity contribution in [2.75, 3.05) is 6.61 Å². The van der Waals surface area contributed by atoms with Gasteiger partial charge in [-0.3, -0.25) is 0 Å². The second kappa shape index (κ2) is 13.7. The van der Waals surface area contributed by atoms with E-state index in [1.807, 2.05) is 25.1 Å². The average Bonchev–Trinajstić information content (AvgIpc) is 3.54. The van der Waals surface area contributed by atoms with Gasteiger partial charge >= 0.3 is 0 Å². The average molecular weight is 501 g/mol. The molecule has 3 rings (SSSR count). The lowest BCUT2D eigenvalue weighted by atomic mass is 9.89. The molecule has 2 aliphatic heterocycles.